The summed E-state index contributed by atoms with van der Waals surface area (Å²) in [6.45, 7) is 3.93. The average molecular weight is 288 g/mol. The zero-order valence-corrected chi connectivity index (χ0v) is 12.1. The van der Waals surface area contributed by atoms with Crippen molar-refractivity contribution in [1.29, 1.82) is 0 Å². The number of nitrogens with zero attached hydrogens (tertiary/aromatic N) is 1. The molecule has 1 aromatic heterocycles. The number of pyridine rings is 1. The van der Waals surface area contributed by atoms with Gasteiger partial charge in [-0.15, -0.1) is 0 Å². The topological polar surface area (TPSA) is 66.0 Å². The third-order valence-corrected chi connectivity index (χ3v) is 2.82. The molecule has 1 amide bonds. The highest BCUT2D eigenvalue weighted by molar-refractivity contribution is 7.80. The predicted octanol–water partition coefficient (Wildman–Crippen LogP) is 1.75. The van der Waals surface area contributed by atoms with E-state index in [-0.39, 0.29) is 11.9 Å². The summed E-state index contributed by atoms with van der Waals surface area (Å²) in [5, 5.41) is 4.16. The fraction of sp³-hybridized carbons (Fsp3) is 0.214. The van der Waals surface area contributed by atoms with Gasteiger partial charge >= 0.3 is 0 Å². The molecule has 0 radical (unpaired) electrons. The monoisotopic (exact) mass is 288 g/mol. The van der Waals surface area contributed by atoms with Crippen molar-refractivity contribution in [3.63, 3.8) is 0 Å². The van der Waals surface area contributed by atoms with Crippen LogP contribution in [-0.2, 0) is 0 Å². The first-order valence-corrected chi connectivity index (χ1v) is 6.69. The molecule has 2 rings (SSSR count). The van der Waals surface area contributed by atoms with Crippen molar-refractivity contribution in [2.24, 2.45) is 0 Å². The Bertz CT molecular complexity index is 637. The van der Waals surface area contributed by atoms with Gasteiger partial charge < -0.3 is 5.32 Å². The number of thiocarbonyl (C=S) groups is 1. The van der Waals surface area contributed by atoms with Gasteiger partial charge in [0.1, 0.15) is 0 Å². The number of nitrogens with one attached hydrogen (secondary N) is 3. The lowest BCUT2D eigenvalue weighted by atomic mass is 10.1. The van der Waals surface area contributed by atoms with E-state index in [1.54, 1.807) is 12.3 Å². The minimum absolute atomic E-state index is 0.202. The number of carbonyl (C=O) groups excluding carboxylic acids is 1. The molecule has 20 heavy (non-hydrogen) atoms. The molecule has 104 valence electrons. The van der Waals surface area contributed by atoms with Crippen molar-refractivity contribution in [3.05, 3.63) is 42.1 Å². The lowest BCUT2D eigenvalue weighted by Gasteiger charge is -2.14. The minimum atomic E-state index is -0.253. The van der Waals surface area contributed by atoms with E-state index in [1.807, 2.05) is 38.1 Å². The summed E-state index contributed by atoms with van der Waals surface area (Å²) in [6, 6.07) is 9.37. The van der Waals surface area contributed by atoms with Gasteiger partial charge in [-0.05, 0) is 38.2 Å². The number of amides is 1. The van der Waals surface area contributed by atoms with Crippen molar-refractivity contribution < 1.29 is 4.79 Å². The maximum atomic E-state index is 12.2. The van der Waals surface area contributed by atoms with E-state index in [1.165, 1.54) is 0 Å². The third kappa shape index (κ3) is 3.42. The third-order valence-electron chi connectivity index (χ3n) is 2.60. The fourth-order valence-electron chi connectivity index (χ4n) is 1.77. The van der Waals surface area contributed by atoms with Gasteiger partial charge in [0.2, 0.25) is 0 Å². The first-order chi connectivity index (χ1) is 9.58. The van der Waals surface area contributed by atoms with E-state index in [0.717, 1.165) is 10.9 Å². The summed E-state index contributed by atoms with van der Waals surface area (Å²) in [5.74, 6) is -0.253. The van der Waals surface area contributed by atoms with Gasteiger partial charge in [-0.1, -0.05) is 18.2 Å². The summed E-state index contributed by atoms with van der Waals surface area (Å²) in [4.78, 5) is 16.4. The number of benzene rings is 1. The molecule has 6 heteroatoms. The Hall–Kier alpha value is -2.21. The second-order valence-electron chi connectivity index (χ2n) is 4.58. The number of fused-ring (bicyclic) bond motifs is 1. The molecule has 3 N–H and O–H groups in total. The van der Waals surface area contributed by atoms with Crippen LogP contribution < -0.4 is 16.2 Å². The first-order valence-electron chi connectivity index (χ1n) is 6.28. The molecule has 0 saturated carbocycles. The highest BCUT2D eigenvalue weighted by Gasteiger charge is 2.10. The number of aromatic nitrogens is 1. The first kappa shape index (κ1) is 14.2. The zero-order valence-electron chi connectivity index (χ0n) is 11.3. The smallest absolute Gasteiger partial charge is 0.270 e. The molecule has 1 heterocycles. The highest BCUT2D eigenvalue weighted by atomic mass is 32.1. The summed E-state index contributed by atoms with van der Waals surface area (Å²) < 4.78 is 0. The second kappa shape index (κ2) is 6.29. The Balaban J connectivity index is 2.10. The molecular formula is C14H16N4OS. The number of hydrogen-bond donors (Lipinski definition) is 3. The number of rotatable bonds is 2. The predicted molar refractivity (Wildman–Crippen MR) is 83.2 cm³/mol. The Morgan fingerprint density at radius 3 is 2.70 bits per heavy atom. The van der Waals surface area contributed by atoms with Crippen LogP contribution in [0.3, 0.4) is 0 Å². The van der Waals surface area contributed by atoms with Crippen LogP contribution >= 0.6 is 12.2 Å². The molecule has 0 atom stereocenters. The van der Waals surface area contributed by atoms with Gasteiger partial charge in [-0.2, -0.15) is 0 Å². The van der Waals surface area contributed by atoms with Crippen LogP contribution in [-0.4, -0.2) is 22.0 Å². The van der Waals surface area contributed by atoms with E-state index in [0.29, 0.717) is 10.7 Å². The van der Waals surface area contributed by atoms with E-state index in [4.69, 9.17) is 12.2 Å². The van der Waals surface area contributed by atoms with Crippen molar-refractivity contribution in [2.75, 3.05) is 0 Å². The molecule has 2 aromatic rings. The van der Waals surface area contributed by atoms with Crippen LogP contribution in [0.25, 0.3) is 10.9 Å². The molecule has 0 saturated heterocycles. The molecule has 0 unspecified atom stereocenters. The molecule has 0 aliphatic rings. The van der Waals surface area contributed by atoms with Gasteiger partial charge in [0.25, 0.3) is 5.91 Å². The lowest BCUT2D eigenvalue weighted by molar-refractivity contribution is 0.0945. The molecule has 1 aromatic carbocycles. The van der Waals surface area contributed by atoms with Gasteiger partial charge in [-0.3, -0.25) is 20.6 Å². The average Bonchev–Trinajstić information content (AvgIpc) is 2.43. The molecule has 0 spiro atoms. The number of para-hydroxylation sites is 1. The highest BCUT2D eigenvalue weighted by Crippen LogP contribution is 2.15. The van der Waals surface area contributed by atoms with E-state index >= 15 is 0 Å². The van der Waals surface area contributed by atoms with Crippen molar-refractivity contribution in [1.82, 2.24) is 21.2 Å². The summed E-state index contributed by atoms with van der Waals surface area (Å²) >= 11 is 5.05. The second-order valence-corrected chi connectivity index (χ2v) is 4.99. The fourth-order valence-corrected chi connectivity index (χ4v) is 2.06. The number of carbonyl (C=O) groups is 1. The lowest BCUT2D eigenvalue weighted by Crippen LogP contribution is -2.48. The molecule has 0 aliphatic carbocycles. The Kier molecular flexibility index (Phi) is 4.47. The van der Waals surface area contributed by atoms with Gasteiger partial charge in [-0.25, -0.2) is 0 Å². The van der Waals surface area contributed by atoms with E-state index in [9.17, 15) is 4.79 Å². The SMILES string of the molecule is CC(C)NC(=S)NNC(=O)c1ccnc2ccccc12. The Labute approximate surface area is 122 Å². The Morgan fingerprint density at radius 1 is 1.20 bits per heavy atom. The zero-order chi connectivity index (χ0) is 14.5. The number of hydrazine groups is 1. The molecule has 0 aliphatic heterocycles. The Morgan fingerprint density at radius 2 is 1.95 bits per heavy atom. The maximum Gasteiger partial charge on any atom is 0.270 e. The quantitative estimate of drug-likeness (QED) is 0.580. The van der Waals surface area contributed by atoms with Crippen LogP contribution in [0.15, 0.2) is 36.5 Å². The van der Waals surface area contributed by atoms with Crippen LogP contribution in [0.4, 0.5) is 0 Å². The van der Waals surface area contributed by atoms with Crippen LogP contribution in [0, 0.1) is 0 Å². The standard InChI is InChI=1S/C14H16N4OS/c1-9(2)16-14(20)18-17-13(19)11-7-8-15-12-6-4-3-5-10(11)12/h3-9H,1-2H3,(H,17,19)(H2,16,18,20). The van der Waals surface area contributed by atoms with E-state index < -0.39 is 0 Å². The van der Waals surface area contributed by atoms with Gasteiger partial charge in [0, 0.05) is 17.6 Å². The van der Waals surface area contributed by atoms with Crippen LogP contribution in [0.1, 0.15) is 24.2 Å². The summed E-state index contributed by atoms with van der Waals surface area (Å²) in [7, 11) is 0. The largest absolute Gasteiger partial charge is 0.359 e. The van der Waals surface area contributed by atoms with Crippen molar-refractivity contribution in [2.45, 2.75) is 19.9 Å². The van der Waals surface area contributed by atoms with Crippen molar-refractivity contribution >= 4 is 34.1 Å². The summed E-state index contributed by atoms with van der Waals surface area (Å²) in [5.41, 5.74) is 6.59. The van der Waals surface area contributed by atoms with Gasteiger partial charge in [0.15, 0.2) is 5.11 Å². The normalized spacial score (nSPS) is 10.3. The maximum absolute atomic E-state index is 12.2. The van der Waals surface area contributed by atoms with Crippen molar-refractivity contribution in [3.8, 4) is 0 Å². The van der Waals surface area contributed by atoms with Crippen LogP contribution in [0.2, 0.25) is 0 Å². The van der Waals surface area contributed by atoms with E-state index in [2.05, 4.69) is 21.2 Å². The molecular weight excluding hydrogens is 272 g/mol. The minimum Gasteiger partial charge on any atom is -0.359 e. The van der Waals surface area contributed by atoms with Crippen LogP contribution in [0.5, 0.6) is 0 Å². The summed E-state index contributed by atoms with van der Waals surface area (Å²) in [6.07, 6.45) is 1.61. The molecule has 5 nitrogen and oxygen atoms in total. The number of hydrogen-bond acceptors (Lipinski definition) is 3. The van der Waals surface area contributed by atoms with Gasteiger partial charge in [0.05, 0.1) is 11.1 Å². The molecule has 0 bridgehead atoms. The molecule has 0 fully saturated rings.